The molecule has 25 heavy (non-hydrogen) atoms. The molecule has 2 rings (SSSR count). The van der Waals surface area contributed by atoms with Gasteiger partial charge in [-0.1, -0.05) is 50.2 Å². The van der Waals surface area contributed by atoms with Gasteiger partial charge in [-0.15, -0.1) is 0 Å². The number of carbonyl (C=O) groups excluding carboxylic acids is 1. The van der Waals surface area contributed by atoms with Crippen LogP contribution in [0.5, 0.6) is 0 Å². The number of sulfonamides is 1. The lowest BCUT2D eigenvalue weighted by molar-refractivity contribution is 0.0932. The van der Waals surface area contributed by atoms with Crippen molar-refractivity contribution in [3.05, 3.63) is 65.7 Å². The fourth-order valence-corrected chi connectivity index (χ4v) is 3.17. The Hall–Kier alpha value is -2.34. The van der Waals surface area contributed by atoms with E-state index in [4.69, 9.17) is 0 Å². The number of hydrogen-bond donors (Lipinski definition) is 2. The summed E-state index contributed by atoms with van der Waals surface area (Å²) in [6.07, 6.45) is 1.89. The maximum atomic E-state index is 12.6. The molecule has 6 heteroatoms. The summed E-state index contributed by atoms with van der Waals surface area (Å²) in [5.74, 6) is 0.190. The van der Waals surface area contributed by atoms with Crippen LogP contribution in [0.15, 0.2) is 54.6 Å². The monoisotopic (exact) mass is 360 g/mol. The maximum absolute atomic E-state index is 12.6. The Bertz CT molecular complexity index is 818. The van der Waals surface area contributed by atoms with Crippen molar-refractivity contribution < 1.29 is 13.2 Å². The van der Waals surface area contributed by atoms with Crippen LogP contribution < -0.4 is 10.0 Å². The zero-order valence-corrected chi connectivity index (χ0v) is 15.5. The van der Waals surface area contributed by atoms with Crippen LogP contribution in [-0.2, 0) is 10.0 Å². The Morgan fingerprint density at radius 1 is 1.04 bits per heavy atom. The van der Waals surface area contributed by atoms with Crippen LogP contribution in [0, 0.1) is 5.92 Å². The van der Waals surface area contributed by atoms with Gasteiger partial charge in [-0.25, -0.2) is 8.42 Å². The Labute approximate surface area is 149 Å². The Balaban J connectivity index is 2.19. The Morgan fingerprint density at radius 3 is 2.32 bits per heavy atom. The molecule has 1 amide bonds. The predicted molar refractivity (Wildman–Crippen MR) is 101 cm³/mol. The normalized spacial score (nSPS) is 12.6. The van der Waals surface area contributed by atoms with E-state index in [0.29, 0.717) is 17.2 Å². The first kappa shape index (κ1) is 19.0. The van der Waals surface area contributed by atoms with Crippen molar-refractivity contribution >= 4 is 21.6 Å². The first-order chi connectivity index (χ1) is 11.7. The quantitative estimate of drug-likeness (QED) is 0.792. The van der Waals surface area contributed by atoms with Crippen molar-refractivity contribution in [3.8, 4) is 0 Å². The third-order valence-corrected chi connectivity index (χ3v) is 4.25. The summed E-state index contributed by atoms with van der Waals surface area (Å²) in [4.78, 5) is 12.6. The molecule has 0 bridgehead atoms. The molecule has 1 atom stereocenters. The molecule has 0 aliphatic heterocycles. The molecule has 2 aromatic rings. The van der Waals surface area contributed by atoms with Crippen LogP contribution in [-0.4, -0.2) is 20.6 Å². The van der Waals surface area contributed by atoms with E-state index in [9.17, 15) is 13.2 Å². The summed E-state index contributed by atoms with van der Waals surface area (Å²) in [7, 11) is -3.38. The van der Waals surface area contributed by atoms with E-state index < -0.39 is 10.0 Å². The highest BCUT2D eigenvalue weighted by Crippen LogP contribution is 2.22. The van der Waals surface area contributed by atoms with Gasteiger partial charge in [-0.05, 0) is 36.1 Å². The number of amides is 1. The predicted octanol–water partition coefficient (Wildman–Crippen LogP) is 3.58. The van der Waals surface area contributed by atoms with E-state index in [-0.39, 0.29) is 11.9 Å². The standard InChI is InChI=1S/C19H24N2O3S/c1-14(2)12-18(15-8-5-4-6-9-15)20-19(22)16-10-7-11-17(13-16)21-25(3,23)24/h4-11,13-14,18,21H,12H2,1-3H3,(H,20,22)/t18-/m1/s1. The Kier molecular flexibility index (Phi) is 6.20. The average Bonchev–Trinajstić information content (AvgIpc) is 2.53. The van der Waals surface area contributed by atoms with Crippen LogP contribution in [0.2, 0.25) is 0 Å². The molecule has 134 valence electrons. The second-order valence-corrected chi connectivity index (χ2v) is 8.27. The minimum atomic E-state index is -3.38. The zero-order valence-electron chi connectivity index (χ0n) is 14.7. The van der Waals surface area contributed by atoms with Gasteiger partial charge in [0.05, 0.1) is 12.3 Å². The van der Waals surface area contributed by atoms with Gasteiger partial charge in [-0.2, -0.15) is 0 Å². The summed E-state index contributed by atoms with van der Waals surface area (Å²) in [5.41, 5.74) is 1.84. The molecule has 0 radical (unpaired) electrons. The minimum absolute atomic E-state index is 0.0970. The van der Waals surface area contributed by atoms with Gasteiger partial charge in [0.15, 0.2) is 0 Å². The van der Waals surface area contributed by atoms with Crippen molar-refractivity contribution in [2.75, 3.05) is 11.0 Å². The summed E-state index contributed by atoms with van der Waals surface area (Å²) in [6, 6.07) is 16.2. The van der Waals surface area contributed by atoms with Crippen LogP contribution in [0.1, 0.15) is 42.2 Å². The van der Waals surface area contributed by atoms with E-state index in [1.807, 2.05) is 30.3 Å². The van der Waals surface area contributed by atoms with Crippen molar-refractivity contribution in [1.82, 2.24) is 5.32 Å². The van der Waals surface area contributed by atoms with E-state index in [0.717, 1.165) is 18.2 Å². The van der Waals surface area contributed by atoms with Gasteiger partial charge < -0.3 is 5.32 Å². The number of hydrogen-bond acceptors (Lipinski definition) is 3. The van der Waals surface area contributed by atoms with Crippen molar-refractivity contribution in [2.45, 2.75) is 26.3 Å². The van der Waals surface area contributed by atoms with Crippen LogP contribution in [0.3, 0.4) is 0 Å². The molecule has 0 aliphatic carbocycles. The van der Waals surface area contributed by atoms with Crippen LogP contribution in [0.4, 0.5) is 5.69 Å². The smallest absolute Gasteiger partial charge is 0.251 e. The van der Waals surface area contributed by atoms with Crippen molar-refractivity contribution in [1.29, 1.82) is 0 Å². The van der Waals surface area contributed by atoms with Crippen LogP contribution in [0.25, 0.3) is 0 Å². The van der Waals surface area contributed by atoms with Gasteiger partial charge in [0.1, 0.15) is 0 Å². The molecule has 0 saturated heterocycles. The molecule has 0 heterocycles. The van der Waals surface area contributed by atoms with Gasteiger partial charge in [0, 0.05) is 11.3 Å². The lowest BCUT2D eigenvalue weighted by atomic mass is 9.96. The molecule has 5 nitrogen and oxygen atoms in total. The molecular weight excluding hydrogens is 336 g/mol. The third-order valence-electron chi connectivity index (χ3n) is 3.64. The topological polar surface area (TPSA) is 75.3 Å². The van der Waals surface area contributed by atoms with Crippen molar-refractivity contribution in [3.63, 3.8) is 0 Å². The molecule has 0 fully saturated rings. The van der Waals surface area contributed by atoms with E-state index >= 15 is 0 Å². The lowest BCUT2D eigenvalue weighted by Gasteiger charge is -2.21. The molecule has 0 spiro atoms. The number of anilines is 1. The molecule has 0 aromatic heterocycles. The van der Waals surface area contributed by atoms with Crippen molar-refractivity contribution in [2.24, 2.45) is 5.92 Å². The number of carbonyl (C=O) groups is 1. The molecule has 0 saturated carbocycles. The number of rotatable bonds is 7. The Morgan fingerprint density at radius 2 is 1.72 bits per heavy atom. The average molecular weight is 360 g/mol. The molecular formula is C19H24N2O3S. The molecule has 0 aliphatic rings. The van der Waals surface area contributed by atoms with Gasteiger partial charge in [0.25, 0.3) is 5.91 Å². The maximum Gasteiger partial charge on any atom is 0.251 e. The number of nitrogens with one attached hydrogen (secondary N) is 2. The summed E-state index contributed by atoms with van der Waals surface area (Å²) < 4.78 is 25.1. The fraction of sp³-hybridized carbons (Fsp3) is 0.316. The second-order valence-electron chi connectivity index (χ2n) is 6.52. The van der Waals surface area contributed by atoms with Gasteiger partial charge in [-0.3, -0.25) is 9.52 Å². The summed E-state index contributed by atoms with van der Waals surface area (Å²) >= 11 is 0. The number of benzene rings is 2. The largest absolute Gasteiger partial charge is 0.345 e. The van der Waals surface area contributed by atoms with E-state index in [1.54, 1.807) is 18.2 Å². The fourth-order valence-electron chi connectivity index (χ4n) is 2.61. The summed E-state index contributed by atoms with van der Waals surface area (Å²) in [5, 5.41) is 3.05. The highest BCUT2D eigenvalue weighted by atomic mass is 32.2. The minimum Gasteiger partial charge on any atom is -0.345 e. The molecule has 2 N–H and O–H groups in total. The zero-order chi connectivity index (χ0) is 18.4. The highest BCUT2D eigenvalue weighted by molar-refractivity contribution is 7.92. The lowest BCUT2D eigenvalue weighted by Crippen LogP contribution is -2.29. The second kappa shape index (κ2) is 8.16. The van der Waals surface area contributed by atoms with Crippen LogP contribution >= 0.6 is 0 Å². The SMILES string of the molecule is CC(C)C[C@@H](NC(=O)c1cccc(NS(C)(=O)=O)c1)c1ccccc1. The molecule has 2 aromatic carbocycles. The van der Waals surface area contributed by atoms with E-state index in [2.05, 4.69) is 23.9 Å². The third kappa shape index (κ3) is 6.23. The van der Waals surface area contributed by atoms with Gasteiger partial charge >= 0.3 is 0 Å². The van der Waals surface area contributed by atoms with E-state index in [1.165, 1.54) is 6.07 Å². The summed E-state index contributed by atoms with van der Waals surface area (Å²) in [6.45, 7) is 4.22. The molecule has 0 unspecified atom stereocenters. The first-order valence-electron chi connectivity index (χ1n) is 8.18. The first-order valence-corrected chi connectivity index (χ1v) is 10.1. The highest BCUT2D eigenvalue weighted by Gasteiger charge is 2.17. The van der Waals surface area contributed by atoms with Gasteiger partial charge in [0.2, 0.25) is 10.0 Å².